The van der Waals surface area contributed by atoms with E-state index in [0.29, 0.717) is 4.99 Å². The smallest absolute Gasteiger partial charge is 0.126 e. The van der Waals surface area contributed by atoms with Crippen LogP contribution in [0.2, 0.25) is 0 Å². The molecule has 1 N–H and O–H groups in total. The highest BCUT2D eigenvalue weighted by Gasteiger charge is 2.02. The van der Waals surface area contributed by atoms with E-state index < -0.39 is 0 Å². The van der Waals surface area contributed by atoms with Crippen molar-refractivity contribution in [2.45, 2.75) is 13.8 Å². The van der Waals surface area contributed by atoms with Gasteiger partial charge in [0.05, 0.1) is 12.4 Å². The molecule has 0 spiro atoms. The lowest BCUT2D eigenvalue weighted by atomic mass is 10.3. The number of rotatable bonds is 5. The van der Waals surface area contributed by atoms with Gasteiger partial charge in [-0.3, -0.25) is 9.88 Å². The molecule has 4 heteroatoms. The molecule has 1 heterocycles. The molecule has 1 aromatic heterocycles. The van der Waals surface area contributed by atoms with Gasteiger partial charge in [0.25, 0.3) is 0 Å². The van der Waals surface area contributed by atoms with Crippen LogP contribution in [0.15, 0.2) is 24.4 Å². The summed E-state index contributed by atoms with van der Waals surface area (Å²) in [6.45, 7) is 7.09. The van der Waals surface area contributed by atoms with E-state index in [4.69, 9.17) is 12.2 Å². The first-order chi connectivity index (χ1) is 7.27. The second-order valence-electron chi connectivity index (χ2n) is 3.18. The maximum Gasteiger partial charge on any atom is 0.126 e. The van der Waals surface area contributed by atoms with Crippen molar-refractivity contribution in [2.75, 3.05) is 19.8 Å². The van der Waals surface area contributed by atoms with E-state index in [1.165, 1.54) is 0 Å². The van der Waals surface area contributed by atoms with Gasteiger partial charge < -0.3 is 5.32 Å². The molecule has 0 atom stereocenters. The van der Waals surface area contributed by atoms with Gasteiger partial charge in [0.2, 0.25) is 0 Å². The summed E-state index contributed by atoms with van der Waals surface area (Å²) in [6, 6.07) is 5.74. The molecule has 82 valence electrons. The van der Waals surface area contributed by atoms with E-state index in [0.717, 1.165) is 25.5 Å². The molecule has 1 rings (SSSR count). The molecule has 0 unspecified atom stereocenters. The minimum atomic E-state index is 0.711. The van der Waals surface area contributed by atoms with Crippen LogP contribution < -0.4 is 5.32 Å². The summed E-state index contributed by atoms with van der Waals surface area (Å²) in [5.74, 6) is 0. The Hall–Kier alpha value is -1.00. The third-order valence-electron chi connectivity index (χ3n) is 2.26. The van der Waals surface area contributed by atoms with Gasteiger partial charge in [-0.25, -0.2) is 0 Å². The van der Waals surface area contributed by atoms with Crippen LogP contribution in [0.5, 0.6) is 0 Å². The molecular weight excluding hydrogens is 206 g/mol. The normalized spacial score (nSPS) is 10.3. The van der Waals surface area contributed by atoms with Gasteiger partial charge in [0.15, 0.2) is 0 Å². The molecule has 0 aromatic carbocycles. The summed E-state index contributed by atoms with van der Waals surface area (Å²) in [5.41, 5.74) is 0.833. The molecule has 0 aliphatic rings. The van der Waals surface area contributed by atoms with Gasteiger partial charge in [0.1, 0.15) is 4.99 Å². The van der Waals surface area contributed by atoms with Crippen molar-refractivity contribution < 1.29 is 0 Å². The quantitative estimate of drug-likeness (QED) is 0.607. The first kappa shape index (κ1) is 12.1. The van der Waals surface area contributed by atoms with Crippen LogP contribution in [-0.4, -0.2) is 34.6 Å². The SMILES string of the molecule is CCN(CC)CNC(=S)c1ccccn1. The predicted octanol–water partition coefficient (Wildman–Crippen LogP) is 1.65. The molecular formula is C11H17N3S. The molecule has 1 aromatic rings. The second-order valence-corrected chi connectivity index (χ2v) is 3.59. The van der Waals surface area contributed by atoms with Crippen molar-refractivity contribution >= 4 is 17.2 Å². The Kier molecular flexibility index (Phi) is 5.21. The zero-order chi connectivity index (χ0) is 11.1. The summed E-state index contributed by atoms with van der Waals surface area (Å²) < 4.78 is 0. The largest absolute Gasteiger partial charge is 0.362 e. The van der Waals surface area contributed by atoms with E-state index >= 15 is 0 Å². The monoisotopic (exact) mass is 223 g/mol. The standard InChI is InChI=1S/C11H17N3S/c1-3-14(4-2)9-13-11(15)10-7-5-6-8-12-10/h5-8H,3-4,9H2,1-2H3,(H,13,15). The molecule has 0 radical (unpaired) electrons. The molecule has 0 amide bonds. The van der Waals surface area contributed by atoms with Gasteiger partial charge in [-0.05, 0) is 25.2 Å². The molecule has 0 saturated carbocycles. The fourth-order valence-electron chi connectivity index (χ4n) is 1.22. The molecule has 0 saturated heterocycles. The van der Waals surface area contributed by atoms with Crippen LogP contribution >= 0.6 is 12.2 Å². The minimum absolute atomic E-state index is 0.711. The topological polar surface area (TPSA) is 28.2 Å². The molecule has 0 aliphatic carbocycles. The van der Waals surface area contributed by atoms with Gasteiger partial charge in [-0.2, -0.15) is 0 Å². The van der Waals surface area contributed by atoms with Crippen LogP contribution in [0.25, 0.3) is 0 Å². The Labute approximate surface area is 96.5 Å². The van der Waals surface area contributed by atoms with Crippen LogP contribution in [0.3, 0.4) is 0 Å². The Bertz CT molecular complexity index is 296. The van der Waals surface area contributed by atoms with Crippen LogP contribution in [0, 0.1) is 0 Å². The maximum atomic E-state index is 5.23. The first-order valence-electron chi connectivity index (χ1n) is 5.19. The average Bonchev–Trinajstić information content (AvgIpc) is 2.31. The lowest BCUT2D eigenvalue weighted by Crippen LogP contribution is -2.37. The number of hydrogen-bond donors (Lipinski definition) is 1. The van der Waals surface area contributed by atoms with Crippen molar-refractivity contribution in [3.63, 3.8) is 0 Å². The van der Waals surface area contributed by atoms with Crippen molar-refractivity contribution in [3.05, 3.63) is 30.1 Å². The van der Waals surface area contributed by atoms with Crippen LogP contribution in [0.1, 0.15) is 19.5 Å². The number of thiocarbonyl (C=S) groups is 1. The van der Waals surface area contributed by atoms with Crippen LogP contribution in [-0.2, 0) is 0 Å². The van der Waals surface area contributed by atoms with E-state index in [-0.39, 0.29) is 0 Å². The van der Waals surface area contributed by atoms with Gasteiger partial charge in [0, 0.05) is 6.20 Å². The Morgan fingerprint density at radius 3 is 2.67 bits per heavy atom. The number of nitrogens with zero attached hydrogens (tertiary/aromatic N) is 2. The zero-order valence-electron chi connectivity index (χ0n) is 9.23. The summed E-state index contributed by atoms with van der Waals surface area (Å²) in [6.07, 6.45) is 1.75. The Balaban J connectivity index is 2.43. The first-order valence-corrected chi connectivity index (χ1v) is 5.60. The number of aromatic nitrogens is 1. The van der Waals surface area contributed by atoms with Crippen molar-refractivity contribution in [3.8, 4) is 0 Å². The molecule has 0 bridgehead atoms. The predicted molar refractivity (Wildman–Crippen MR) is 66.9 cm³/mol. The minimum Gasteiger partial charge on any atom is -0.362 e. The summed E-state index contributed by atoms with van der Waals surface area (Å²) in [7, 11) is 0. The summed E-state index contributed by atoms with van der Waals surface area (Å²) in [4.78, 5) is 7.16. The molecule has 15 heavy (non-hydrogen) atoms. The van der Waals surface area contributed by atoms with Gasteiger partial charge in [-0.15, -0.1) is 0 Å². The fraction of sp³-hybridized carbons (Fsp3) is 0.455. The van der Waals surface area contributed by atoms with Gasteiger partial charge in [-0.1, -0.05) is 32.1 Å². The molecule has 3 nitrogen and oxygen atoms in total. The average molecular weight is 223 g/mol. The summed E-state index contributed by atoms with van der Waals surface area (Å²) in [5, 5.41) is 3.20. The zero-order valence-corrected chi connectivity index (χ0v) is 10.0. The number of nitrogens with one attached hydrogen (secondary N) is 1. The maximum absolute atomic E-state index is 5.23. The van der Waals surface area contributed by atoms with Gasteiger partial charge >= 0.3 is 0 Å². The fourth-order valence-corrected chi connectivity index (χ4v) is 1.40. The Morgan fingerprint density at radius 1 is 1.40 bits per heavy atom. The number of pyridine rings is 1. The van der Waals surface area contributed by atoms with Crippen LogP contribution in [0.4, 0.5) is 0 Å². The molecule has 0 aliphatic heterocycles. The van der Waals surface area contributed by atoms with E-state index in [2.05, 4.69) is 29.0 Å². The van der Waals surface area contributed by atoms with E-state index in [9.17, 15) is 0 Å². The third-order valence-corrected chi connectivity index (χ3v) is 2.61. The highest BCUT2D eigenvalue weighted by atomic mass is 32.1. The van der Waals surface area contributed by atoms with E-state index in [1.807, 2.05) is 18.2 Å². The van der Waals surface area contributed by atoms with Crippen molar-refractivity contribution in [1.29, 1.82) is 0 Å². The van der Waals surface area contributed by atoms with E-state index in [1.54, 1.807) is 6.20 Å². The highest BCUT2D eigenvalue weighted by Crippen LogP contribution is 1.94. The lowest BCUT2D eigenvalue weighted by Gasteiger charge is -2.19. The Morgan fingerprint density at radius 2 is 2.13 bits per heavy atom. The van der Waals surface area contributed by atoms with Crippen molar-refractivity contribution in [2.24, 2.45) is 0 Å². The number of hydrogen-bond acceptors (Lipinski definition) is 3. The van der Waals surface area contributed by atoms with Crippen molar-refractivity contribution in [1.82, 2.24) is 15.2 Å². The second kappa shape index (κ2) is 6.48. The third kappa shape index (κ3) is 3.93. The summed E-state index contributed by atoms with van der Waals surface area (Å²) >= 11 is 5.23. The lowest BCUT2D eigenvalue weighted by molar-refractivity contribution is 0.299. The highest BCUT2D eigenvalue weighted by molar-refractivity contribution is 7.80. The molecule has 0 fully saturated rings.